The minimum atomic E-state index is 0.00137. The number of imidazole rings is 1. The molecule has 1 aliphatic rings. The fourth-order valence-corrected chi connectivity index (χ4v) is 3.64. The van der Waals surface area contributed by atoms with Gasteiger partial charge in [-0.2, -0.15) is 0 Å². The minimum absolute atomic E-state index is 0.00137. The van der Waals surface area contributed by atoms with Gasteiger partial charge in [-0.1, -0.05) is 12.1 Å². The number of para-hydroxylation sites is 2. The first-order valence-corrected chi connectivity index (χ1v) is 8.94. The summed E-state index contributed by atoms with van der Waals surface area (Å²) in [6.45, 7) is 2.46. The van der Waals surface area contributed by atoms with Crippen molar-refractivity contribution in [2.45, 2.75) is 19.4 Å². The lowest BCUT2D eigenvalue weighted by atomic mass is 9.96. The van der Waals surface area contributed by atoms with Gasteiger partial charge in [0.05, 0.1) is 24.5 Å². The molecule has 0 N–H and O–H groups in total. The summed E-state index contributed by atoms with van der Waals surface area (Å²) in [6.07, 6.45) is 5.53. The van der Waals surface area contributed by atoms with E-state index in [9.17, 15) is 4.79 Å². The van der Waals surface area contributed by atoms with Crippen LogP contribution in [0.5, 0.6) is 5.88 Å². The molecule has 6 heteroatoms. The van der Waals surface area contributed by atoms with Gasteiger partial charge in [0.1, 0.15) is 5.56 Å². The van der Waals surface area contributed by atoms with E-state index in [1.807, 2.05) is 29.4 Å². The largest absolute Gasteiger partial charge is 0.480 e. The van der Waals surface area contributed by atoms with Crippen molar-refractivity contribution in [2.24, 2.45) is 5.92 Å². The summed E-state index contributed by atoms with van der Waals surface area (Å²) in [7, 11) is 1.54. The lowest BCUT2D eigenvalue weighted by molar-refractivity contribution is 0.0679. The Hall–Kier alpha value is -2.89. The van der Waals surface area contributed by atoms with Crippen LogP contribution in [0.15, 0.2) is 48.9 Å². The molecule has 2 aromatic heterocycles. The van der Waals surface area contributed by atoms with Crippen LogP contribution in [-0.4, -0.2) is 45.5 Å². The molecule has 0 unspecified atom stereocenters. The fourth-order valence-electron chi connectivity index (χ4n) is 3.64. The van der Waals surface area contributed by atoms with Crippen molar-refractivity contribution in [1.82, 2.24) is 19.4 Å². The number of likely N-dealkylation sites (tertiary alicyclic amines) is 1. The molecule has 6 nitrogen and oxygen atoms in total. The van der Waals surface area contributed by atoms with Crippen LogP contribution in [0.4, 0.5) is 0 Å². The van der Waals surface area contributed by atoms with Gasteiger partial charge in [-0.15, -0.1) is 0 Å². The van der Waals surface area contributed by atoms with Gasteiger partial charge >= 0.3 is 0 Å². The van der Waals surface area contributed by atoms with Crippen molar-refractivity contribution in [3.63, 3.8) is 0 Å². The maximum Gasteiger partial charge on any atom is 0.259 e. The highest BCUT2D eigenvalue weighted by atomic mass is 16.5. The van der Waals surface area contributed by atoms with Crippen LogP contribution in [0.3, 0.4) is 0 Å². The first-order valence-electron chi connectivity index (χ1n) is 8.94. The second-order valence-corrected chi connectivity index (χ2v) is 6.68. The SMILES string of the molecule is COc1ncccc1C(=O)N1CCC(Cn2cnc3ccccc32)CC1. The van der Waals surface area contributed by atoms with Crippen molar-refractivity contribution in [3.8, 4) is 5.88 Å². The number of fused-ring (bicyclic) bond motifs is 1. The van der Waals surface area contributed by atoms with E-state index in [0.29, 0.717) is 17.4 Å². The van der Waals surface area contributed by atoms with E-state index >= 15 is 0 Å². The summed E-state index contributed by atoms with van der Waals surface area (Å²) >= 11 is 0. The molecule has 1 aliphatic heterocycles. The van der Waals surface area contributed by atoms with Gasteiger partial charge in [0.25, 0.3) is 5.91 Å². The van der Waals surface area contributed by atoms with Gasteiger partial charge in [-0.3, -0.25) is 4.79 Å². The predicted octanol–water partition coefficient (Wildman–Crippen LogP) is 2.99. The molecule has 1 amide bonds. The van der Waals surface area contributed by atoms with Crippen molar-refractivity contribution in [3.05, 3.63) is 54.5 Å². The summed E-state index contributed by atoms with van der Waals surface area (Å²) in [6, 6.07) is 11.7. The lowest BCUT2D eigenvalue weighted by Crippen LogP contribution is -2.39. The molecule has 1 saturated heterocycles. The highest BCUT2D eigenvalue weighted by Gasteiger charge is 2.26. The number of pyridine rings is 1. The van der Waals surface area contributed by atoms with Gasteiger partial charge in [0.2, 0.25) is 5.88 Å². The Labute approximate surface area is 152 Å². The van der Waals surface area contributed by atoms with Gasteiger partial charge in [-0.05, 0) is 43.0 Å². The number of nitrogens with zero attached hydrogens (tertiary/aromatic N) is 4. The molecule has 1 aromatic carbocycles. The maximum atomic E-state index is 12.8. The average Bonchev–Trinajstić information content (AvgIpc) is 3.11. The third-order valence-electron chi connectivity index (χ3n) is 5.08. The van der Waals surface area contributed by atoms with E-state index in [4.69, 9.17) is 4.74 Å². The third kappa shape index (κ3) is 3.14. The Morgan fingerprint density at radius 1 is 1.15 bits per heavy atom. The highest BCUT2D eigenvalue weighted by molar-refractivity contribution is 5.96. The van der Waals surface area contributed by atoms with Crippen LogP contribution in [0, 0.1) is 5.92 Å². The molecular formula is C20H22N4O2. The van der Waals surface area contributed by atoms with E-state index < -0.39 is 0 Å². The van der Waals surface area contributed by atoms with Crippen molar-refractivity contribution < 1.29 is 9.53 Å². The maximum absolute atomic E-state index is 12.8. The molecule has 0 bridgehead atoms. The number of ether oxygens (including phenoxy) is 1. The van der Waals surface area contributed by atoms with E-state index in [1.54, 1.807) is 25.4 Å². The second kappa shape index (κ2) is 7.15. The van der Waals surface area contributed by atoms with E-state index in [-0.39, 0.29) is 5.91 Å². The number of carbonyl (C=O) groups is 1. The van der Waals surface area contributed by atoms with Gasteiger partial charge in [0.15, 0.2) is 0 Å². The molecule has 134 valence electrons. The molecule has 0 spiro atoms. The summed E-state index contributed by atoms with van der Waals surface area (Å²) < 4.78 is 7.44. The molecule has 3 heterocycles. The number of piperidine rings is 1. The number of rotatable bonds is 4. The molecule has 0 radical (unpaired) electrons. The van der Waals surface area contributed by atoms with Crippen LogP contribution < -0.4 is 4.74 Å². The standard InChI is InChI=1S/C20H22N4O2/c1-26-19-16(5-4-10-21-19)20(25)23-11-8-15(9-12-23)13-24-14-22-17-6-2-3-7-18(17)24/h2-7,10,14-15H,8-9,11-13H2,1H3. The molecule has 1 fully saturated rings. The first-order chi connectivity index (χ1) is 12.8. The molecule has 4 rings (SSSR count). The Morgan fingerprint density at radius 2 is 1.96 bits per heavy atom. The van der Waals surface area contributed by atoms with Crippen molar-refractivity contribution in [1.29, 1.82) is 0 Å². The summed E-state index contributed by atoms with van der Waals surface area (Å²) in [4.78, 5) is 23.3. The summed E-state index contributed by atoms with van der Waals surface area (Å²) in [5.74, 6) is 0.943. The van der Waals surface area contributed by atoms with E-state index in [2.05, 4.69) is 20.6 Å². The molecule has 0 saturated carbocycles. The highest BCUT2D eigenvalue weighted by Crippen LogP contribution is 2.24. The zero-order valence-electron chi connectivity index (χ0n) is 14.8. The minimum Gasteiger partial charge on any atom is -0.480 e. The lowest BCUT2D eigenvalue weighted by Gasteiger charge is -2.32. The Balaban J connectivity index is 1.40. The number of hydrogen-bond acceptors (Lipinski definition) is 4. The van der Waals surface area contributed by atoms with E-state index in [0.717, 1.165) is 38.0 Å². The Kier molecular flexibility index (Phi) is 4.56. The quantitative estimate of drug-likeness (QED) is 0.726. The number of hydrogen-bond donors (Lipinski definition) is 0. The van der Waals surface area contributed by atoms with Gasteiger partial charge in [0, 0.05) is 25.8 Å². The van der Waals surface area contributed by atoms with Crippen LogP contribution in [-0.2, 0) is 6.54 Å². The first kappa shape index (κ1) is 16.6. The number of benzene rings is 1. The topological polar surface area (TPSA) is 60.2 Å². The zero-order valence-corrected chi connectivity index (χ0v) is 14.8. The van der Waals surface area contributed by atoms with Crippen molar-refractivity contribution in [2.75, 3.05) is 20.2 Å². The van der Waals surface area contributed by atoms with Crippen LogP contribution in [0.1, 0.15) is 23.2 Å². The second-order valence-electron chi connectivity index (χ2n) is 6.68. The zero-order chi connectivity index (χ0) is 17.9. The van der Waals surface area contributed by atoms with Gasteiger partial charge < -0.3 is 14.2 Å². The fraction of sp³-hybridized carbons (Fsp3) is 0.350. The molecule has 3 aromatic rings. The monoisotopic (exact) mass is 350 g/mol. The predicted molar refractivity (Wildman–Crippen MR) is 99.1 cm³/mol. The number of carbonyl (C=O) groups excluding carboxylic acids is 1. The molecule has 0 aliphatic carbocycles. The van der Waals surface area contributed by atoms with Gasteiger partial charge in [-0.25, -0.2) is 9.97 Å². The third-order valence-corrected chi connectivity index (χ3v) is 5.08. The average molecular weight is 350 g/mol. The molecule has 0 atom stereocenters. The Bertz CT molecular complexity index is 913. The normalized spacial score (nSPS) is 15.3. The number of methoxy groups -OCH3 is 1. The smallest absolute Gasteiger partial charge is 0.259 e. The Morgan fingerprint density at radius 3 is 2.77 bits per heavy atom. The van der Waals surface area contributed by atoms with Crippen LogP contribution in [0.2, 0.25) is 0 Å². The van der Waals surface area contributed by atoms with Crippen molar-refractivity contribution >= 4 is 16.9 Å². The van der Waals surface area contributed by atoms with E-state index in [1.165, 1.54) is 5.52 Å². The summed E-state index contributed by atoms with van der Waals surface area (Å²) in [5, 5.41) is 0. The van der Waals surface area contributed by atoms with Crippen LogP contribution >= 0.6 is 0 Å². The summed E-state index contributed by atoms with van der Waals surface area (Å²) in [5.41, 5.74) is 2.74. The number of amides is 1. The number of aromatic nitrogens is 3. The molecule has 26 heavy (non-hydrogen) atoms. The molecular weight excluding hydrogens is 328 g/mol. The van der Waals surface area contributed by atoms with Crippen LogP contribution in [0.25, 0.3) is 11.0 Å².